The first-order valence-corrected chi connectivity index (χ1v) is 11.9. The van der Waals surface area contributed by atoms with Gasteiger partial charge in [0, 0.05) is 31.7 Å². The molecule has 3 aromatic rings. The van der Waals surface area contributed by atoms with Crippen molar-refractivity contribution in [3.63, 3.8) is 0 Å². The number of thiophene rings is 1. The SMILES string of the molecule is CC[C@@H](O)CNC(=O)c1sc2ncnc(NCC3(c4ccccc4)CCOCC3)c2c1C. The quantitative estimate of drug-likeness (QED) is 0.481. The Morgan fingerprint density at radius 3 is 2.72 bits per heavy atom. The predicted molar refractivity (Wildman–Crippen MR) is 127 cm³/mol. The van der Waals surface area contributed by atoms with Crippen LogP contribution in [0.4, 0.5) is 5.82 Å². The van der Waals surface area contributed by atoms with Crippen LogP contribution in [0.15, 0.2) is 36.7 Å². The van der Waals surface area contributed by atoms with Crippen molar-refractivity contribution in [1.82, 2.24) is 15.3 Å². The van der Waals surface area contributed by atoms with Crippen molar-refractivity contribution < 1.29 is 14.6 Å². The minimum atomic E-state index is -0.542. The summed E-state index contributed by atoms with van der Waals surface area (Å²) in [5.74, 6) is 0.562. The number of carbonyl (C=O) groups is 1. The van der Waals surface area contributed by atoms with Crippen LogP contribution in [-0.4, -0.2) is 53.4 Å². The smallest absolute Gasteiger partial charge is 0.261 e. The van der Waals surface area contributed by atoms with Crippen molar-refractivity contribution in [1.29, 1.82) is 0 Å². The zero-order valence-electron chi connectivity index (χ0n) is 18.6. The van der Waals surface area contributed by atoms with E-state index in [1.165, 1.54) is 16.9 Å². The van der Waals surface area contributed by atoms with Crippen molar-refractivity contribution in [3.05, 3.63) is 52.7 Å². The second-order valence-corrected chi connectivity index (χ2v) is 9.34. The summed E-state index contributed by atoms with van der Waals surface area (Å²) in [5.41, 5.74) is 2.13. The monoisotopic (exact) mass is 454 g/mol. The Bertz CT molecular complexity index is 1060. The number of aromatic nitrogens is 2. The molecule has 0 aliphatic carbocycles. The van der Waals surface area contributed by atoms with Crippen LogP contribution in [-0.2, 0) is 10.2 Å². The number of ether oxygens (including phenoxy) is 1. The van der Waals surface area contributed by atoms with Crippen LogP contribution >= 0.6 is 11.3 Å². The van der Waals surface area contributed by atoms with Gasteiger partial charge in [0.15, 0.2) is 0 Å². The number of hydrogen-bond acceptors (Lipinski definition) is 7. The van der Waals surface area contributed by atoms with E-state index in [1.807, 2.05) is 19.9 Å². The van der Waals surface area contributed by atoms with E-state index in [9.17, 15) is 9.90 Å². The molecular formula is C24H30N4O3S. The van der Waals surface area contributed by atoms with Crippen molar-refractivity contribution in [2.75, 3.05) is 31.6 Å². The molecule has 1 aromatic carbocycles. The lowest BCUT2D eigenvalue weighted by atomic mass is 9.74. The van der Waals surface area contributed by atoms with E-state index >= 15 is 0 Å². The fourth-order valence-electron chi connectivity index (χ4n) is 4.23. The van der Waals surface area contributed by atoms with Crippen LogP contribution < -0.4 is 10.6 Å². The van der Waals surface area contributed by atoms with Crippen molar-refractivity contribution in [3.8, 4) is 0 Å². The average Bonchev–Trinajstić information content (AvgIpc) is 3.19. The van der Waals surface area contributed by atoms with Gasteiger partial charge in [0.25, 0.3) is 5.91 Å². The summed E-state index contributed by atoms with van der Waals surface area (Å²) >= 11 is 1.36. The van der Waals surface area contributed by atoms with E-state index in [2.05, 4.69) is 44.9 Å². The second-order valence-electron chi connectivity index (χ2n) is 8.34. The Kier molecular flexibility index (Phi) is 7.03. The zero-order valence-corrected chi connectivity index (χ0v) is 19.4. The van der Waals surface area contributed by atoms with Crippen LogP contribution in [0.5, 0.6) is 0 Å². The number of amides is 1. The molecule has 7 nitrogen and oxygen atoms in total. The van der Waals surface area contributed by atoms with Gasteiger partial charge in [0.1, 0.15) is 17.0 Å². The van der Waals surface area contributed by atoms with Gasteiger partial charge < -0.3 is 20.5 Å². The number of aryl methyl sites for hydroxylation is 1. The number of nitrogens with zero attached hydrogens (tertiary/aromatic N) is 2. The highest BCUT2D eigenvalue weighted by Crippen LogP contribution is 2.37. The zero-order chi connectivity index (χ0) is 22.6. The number of fused-ring (bicyclic) bond motifs is 1. The van der Waals surface area contributed by atoms with Crippen LogP contribution in [0.1, 0.15) is 47.0 Å². The molecule has 0 bridgehead atoms. The van der Waals surface area contributed by atoms with E-state index in [0.29, 0.717) is 11.3 Å². The lowest BCUT2D eigenvalue weighted by molar-refractivity contribution is 0.0544. The summed E-state index contributed by atoms with van der Waals surface area (Å²) in [6.45, 7) is 6.26. The van der Waals surface area contributed by atoms with Gasteiger partial charge in [-0.2, -0.15) is 0 Å². The van der Waals surface area contributed by atoms with Gasteiger partial charge in [-0.05, 0) is 37.3 Å². The Labute approximate surface area is 192 Å². The molecule has 8 heteroatoms. The highest BCUT2D eigenvalue weighted by Gasteiger charge is 2.34. The van der Waals surface area contributed by atoms with E-state index < -0.39 is 6.10 Å². The van der Waals surface area contributed by atoms with Gasteiger partial charge in [-0.25, -0.2) is 9.97 Å². The number of hydrogen-bond donors (Lipinski definition) is 3. The molecule has 1 fully saturated rings. The average molecular weight is 455 g/mol. The number of aliphatic hydroxyl groups excluding tert-OH is 1. The third kappa shape index (κ3) is 4.62. The molecule has 32 heavy (non-hydrogen) atoms. The van der Waals surface area contributed by atoms with Crippen LogP contribution in [0.2, 0.25) is 0 Å². The lowest BCUT2D eigenvalue weighted by Crippen LogP contribution is -2.40. The van der Waals surface area contributed by atoms with Gasteiger partial charge in [-0.3, -0.25) is 4.79 Å². The molecule has 1 atom stereocenters. The third-order valence-corrected chi connectivity index (χ3v) is 7.53. The van der Waals surface area contributed by atoms with Crippen molar-refractivity contribution >= 4 is 33.3 Å². The standard InChI is InChI=1S/C24H30N4O3S/c1-3-18(29)13-25-22(30)20-16(2)19-21(27-15-28-23(19)32-20)26-14-24(9-11-31-12-10-24)17-7-5-4-6-8-17/h4-8,15,18,29H,3,9-14H2,1-2H3,(H,25,30)(H,26,27,28)/t18-/m1/s1. The highest BCUT2D eigenvalue weighted by atomic mass is 32.1. The molecule has 0 unspecified atom stereocenters. The molecule has 3 N–H and O–H groups in total. The minimum absolute atomic E-state index is 0.0306. The maximum Gasteiger partial charge on any atom is 0.261 e. The minimum Gasteiger partial charge on any atom is -0.391 e. The first kappa shape index (κ1) is 22.6. The molecule has 0 radical (unpaired) electrons. The lowest BCUT2D eigenvalue weighted by Gasteiger charge is -2.38. The Morgan fingerprint density at radius 1 is 1.25 bits per heavy atom. The summed E-state index contributed by atoms with van der Waals surface area (Å²) in [6, 6.07) is 10.6. The van der Waals surface area contributed by atoms with E-state index in [-0.39, 0.29) is 17.9 Å². The molecule has 4 rings (SSSR count). The maximum absolute atomic E-state index is 12.7. The summed E-state index contributed by atoms with van der Waals surface area (Å²) in [5, 5.41) is 17.0. The Morgan fingerprint density at radius 2 is 2.00 bits per heavy atom. The molecule has 1 amide bonds. The first-order valence-electron chi connectivity index (χ1n) is 11.1. The largest absolute Gasteiger partial charge is 0.391 e. The summed E-state index contributed by atoms with van der Waals surface area (Å²) in [6.07, 6.45) is 3.48. The number of anilines is 1. The molecule has 0 saturated carbocycles. The number of carbonyl (C=O) groups excluding carboxylic acids is 1. The molecular weight excluding hydrogens is 424 g/mol. The highest BCUT2D eigenvalue weighted by molar-refractivity contribution is 7.20. The van der Waals surface area contributed by atoms with Gasteiger partial charge >= 0.3 is 0 Å². The summed E-state index contributed by atoms with van der Waals surface area (Å²) in [7, 11) is 0. The summed E-state index contributed by atoms with van der Waals surface area (Å²) in [4.78, 5) is 23.0. The fraction of sp³-hybridized carbons (Fsp3) is 0.458. The van der Waals surface area contributed by atoms with Crippen molar-refractivity contribution in [2.24, 2.45) is 0 Å². The predicted octanol–water partition coefficient (Wildman–Crippen LogP) is 3.66. The third-order valence-electron chi connectivity index (χ3n) is 6.33. The molecule has 3 heterocycles. The second kappa shape index (κ2) is 9.94. The number of nitrogens with one attached hydrogen (secondary N) is 2. The van der Waals surface area contributed by atoms with E-state index in [1.54, 1.807) is 6.33 Å². The molecule has 1 aliphatic rings. The van der Waals surface area contributed by atoms with Gasteiger partial charge in [-0.15, -0.1) is 11.3 Å². The topological polar surface area (TPSA) is 96.4 Å². The van der Waals surface area contributed by atoms with Crippen LogP contribution in [0, 0.1) is 6.92 Å². The molecule has 0 spiro atoms. The fourth-order valence-corrected chi connectivity index (χ4v) is 5.30. The summed E-state index contributed by atoms with van der Waals surface area (Å²) < 4.78 is 5.65. The van der Waals surface area contributed by atoms with Crippen LogP contribution in [0.25, 0.3) is 10.2 Å². The van der Waals surface area contributed by atoms with E-state index in [0.717, 1.165) is 54.2 Å². The first-order chi connectivity index (χ1) is 15.5. The molecule has 2 aromatic heterocycles. The van der Waals surface area contributed by atoms with E-state index in [4.69, 9.17) is 4.74 Å². The van der Waals surface area contributed by atoms with Gasteiger partial charge in [-0.1, -0.05) is 37.3 Å². The Hall–Kier alpha value is -2.55. The Balaban J connectivity index is 1.59. The van der Waals surface area contributed by atoms with Crippen LogP contribution in [0.3, 0.4) is 0 Å². The van der Waals surface area contributed by atoms with Gasteiger partial charge in [0.05, 0.1) is 16.4 Å². The van der Waals surface area contributed by atoms with Gasteiger partial charge in [0.2, 0.25) is 0 Å². The molecule has 1 aliphatic heterocycles. The number of aliphatic hydroxyl groups is 1. The van der Waals surface area contributed by atoms with Crippen molar-refractivity contribution in [2.45, 2.75) is 44.6 Å². The normalized spacial score (nSPS) is 16.6. The maximum atomic E-state index is 12.7. The molecule has 170 valence electrons. The molecule has 1 saturated heterocycles. The number of benzene rings is 1. The number of rotatable bonds is 8.